The number of ether oxygens (including phenoxy) is 1. The maximum Gasteiger partial charge on any atom is 0.416 e. The smallest absolute Gasteiger partial charge is 0.416 e. The van der Waals surface area contributed by atoms with Gasteiger partial charge in [0.05, 0.1) is 5.56 Å². The van der Waals surface area contributed by atoms with Crippen molar-refractivity contribution < 1.29 is 17.9 Å². The van der Waals surface area contributed by atoms with Crippen LogP contribution in [-0.2, 0) is 25.6 Å². The number of aryl methyl sites for hydroxylation is 2. The van der Waals surface area contributed by atoms with Gasteiger partial charge in [-0.2, -0.15) is 13.2 Å². The molecule has 28 heavy (non-hydrogen) atoms. The second kappa shape index (κ2) is 8.26. The Morgan fingerprint density at radius 1 is 1.04 bits per heavy atom. The molecular weight excluding hydrogens is 387 g/mol. The third-order valence-electron chi connectivity index (χ3n) is 4.39. The molecule has 0 radical (unpaired) electrons. The monoisotopic (exact) mass is 407 g/mol. The molecule has 0 aliphatic rings. The number of hydrogen-bond acceptors (Lipinski definition) is 4. The SMILES string of the molecule is Cc1ccc(OCc2nnc(SCc3cccc(C(F)(F)F)c3)n2C)cc1C. The van der Waals surface area contributed by atoms with E-state index in [1.807, 2.05) is 39.1 Å². The Balaban J connectivity index is 1.62. The lowest BCUT2D eigenvalue weighted by molar-refractivity contribution is -0.137. The van der Waals surface area contributed by atoms with Crippen molar-refractivity contribution >= 4 is 11.8 Å². The highest BCUT2D eigenvalue weighted by molar-refractivity contribution is 7.98. The number of hydrogen-bond donors (Lipinski definition) is 0. The van der Waals surface area contributed by atoms with E-state index in [1.165, 1.54) is 23.4 Å². The van der Waals surface area contributed by atoms with Crippen molar-refractivity contribution in [3.63, 3.8) is 0 Å². The number of thioether (sulfide) groups is 1. The Hall–Kier alpha value is -2.48. The lowest BCUT2D eigenvalue weighted by atomic mass is 10.1. The number of benzene rings is 2. The van der Waals surface area contributed by atoms with Gasteiger partial charge in [0.2, 0.25) is 0 Å². The molecule has 0 saturated carbocycles. The molecule has 3 rings (SSSR count). The summed E-state index contributed by atoms with van der Waals surface area (Å²) in [6.45, 7) is 4.32. The highest BCUT2D eigenvalue weighted by Gasteiger charge is 2.30. The number of rotatable bonds is 6. The summed E-state index contributed by atoms with van der Waals surface area (Å²) in [5.74, 6) is 1.77. The molecule has 0 bridgehead atoms. The molecule has 0 aliphatic heterocycles. The molecule has 4 nitrogen and oxygen atoms in total. The topological polar surface area (TPSA) is 39.9 Å². The molecule has 0 unspecified atom stereocenters. The summed E-state index contributed by atoms with van der Waals surface area (Å²) in [6.07, 6.45) is -4.34. The minimum absolute atomic E-state index is 0.260. The van der Waals surface area contributed by atoms with Crippen molar-refractivity contribution in [2.45, 2.75) is 37.5 Å². The van der Waals surface area contributed by atoms with Gasteiger partial charge >= 0.3 is 6.18 Å². The lowest BCUT2D eigenvalue weighted by Gasteiger charge is -2.09. The molecule has 0 N–H and O–H groups in total. The van der Waals surface area contributed by atoms with E-state index in [4.69, 9.17) is 4.74 Å². The first kappa shape index (κ1) is 20.3. The van der Waals surface area contributed by atoms with Gasteiger partial charge < -0.3 is 9.30 Å². The first-order valence-electron chi connectivity index (χ1n) is 8.61. The number of nitrogens with zero attached hydrogens (tertiary/aromatic N) is 3. The zero-order valence-electron chi connectivity index (χ0n) is 15.7. The van der Waals surface area contributed by atoms with Crippen LogP contribution in [0.1, 0.15) is 28.1 Å². The second-order valence-electron chi connectivity index (χ2n) is 6.48. The van der Waals surface area contributed by atoms with Gasteiger partial charge in [0.25, 0.3) is 0 Å². The number of halogens is 3. The molecule has 0 saturated heterocycles. The van der Waals surface area contributed by atoms with Gasteiger partial charge in [0.15, 0.2) is 11.0 Å². The predicted octanol–water partition coefficient (Wildman–Crippen LogP) is 5.32. The fourth-order valence-corrected chi connectivity index (χ4v) is 3.41. The van der Waals surface area contributed by atoms with Crippen molar-refractivity contribution in [3.8, 4) is 5.75 Å². The first-order valence-corrected chi connectivity index (χ1v) is 9.60. The van der Waals surface area contributed by atoms with Gasteiger partial charge in [0, 0.05) is 12.8 Å². The summed E-state index contributed by atoms with van der Waals surface area (Å²) in [5.41, 5.74) is 2.27. The third-order valence-corrected chi connectivity index (χ3v) is 5.49. The van der Waals surface area contributed by atoms with Gasteiger partial charge in [-0.15, -0.1) is 10.2 Å². The molecule has 3 aromatic rings. The number of aromatic nitrogens is 3. The first-order chi connectivity index (χ1) is 13.2. The zero-order chi connectivity index (χ0) is 20.3. The molecule has 8 heteroatoms. The molecule has 0 amide bonds. The predicted molar refractivity (Wildman–Crippen MR) is 102 cm³/mol. The largest absolute Gasteiger partial charge is 0.486 e. The molecule has 0 atom stereocenters. The quantitative estimate of drug-likeness (QED) is 0.519. The maximum atomic E-state index is 12.8. The standard InChI is InChI=1S/C20H20F3N3OS/c1-13-7-8-17(9-14(13)2)27-11-18-24-25-19(26(18)3)28-12-15-5-4-6-16(10-15)20(21,22)23/h4-10H,11-12H2,1-3H3. The van der Waals surface area contributed by atoms with Crippen molar-refractivity contribution in [1.29, 1.82) is 0 Å². The van der Waals surface area contributed by atoms with E-state index in [-0.39, 0.29) is 6.61 Å². The van der Waals surface area contributed by atoms with Crippen LogP contribution in [0.5, 0.6) is 5.75 Å². The van der Waals surface area contributed by atoms with E-state index >= 15 is 0 Å². The van der Waals surface area contributed by atoms with Gasteiger partial charge in [0.1, 0.15) is 12.4 Å². The second-order valence-corrected chi connectivity index (χ2v) is 7.42. The minimum Gasteiger partial charge on any atom is -0.486 e. The fraction of sp³-hybridized carbons (Fsp3) is 0.300. The Morgan fingerprint density at radius 3 is 2.54 bits per heavy atom. The summed E-state index contributed by atoms with van der Waals surface area (Å²) in [5, 5.41) is 8.87. The molecule has 2 aromatic carbocycles. The van der Waals surface area contributed by atoms with Gasteiger partial charge in [-0.1, -0.05) is 36.0 Å². The Labute approximate surface area is 165 Å². The van der Waals surface area contributed by atoms with E-state index in [0.717, 1.165) is 23.4 Å². The van der Waals surface area contributed by atoms with E-state index in [1.54, 1.807) is 10.6 Å². The van der Waals surface area contributed by atoms with Gasteiger partial charge in [-0.3, -0.25) is 0 Å². The molecule has 0 spiro atoms. The van der Waals surface area contributed by atoms with Crippen molar-refractivity contribution in [2.24, 2.45) is 7.05 Å². The zero-order valence-corrected chi connectivity index (χ0v) is 16.6. The van der Waals surface area contributed by atoms with E-state index < -0.39 is 11.7 Å². The van der Waals surface area contributed by atoms with Crippen molar-refractivity contribution in [1.82, 2.24) is 14.8 Å². The average Bonchev–Trinajstić information content (AvgIpc) is 3.00. The van der Waals surface area contributed by atoms with Crippen molar-refractivity contribution in [2.75, 3.05) is 0 Å². The third kappa shape index (κ3) is 4.86. The van der Waals surface area contributed by atoms with Crippen LogP contribution in [0.25, 0.3) is 0 Å². The average molecular weight is 407 g/mol. The fourth-order valence-electron chi connectivity index (χ4n) is 2.53. The van der Waals surface area contributed by atoms with Crippen LogP contribution in [0, 0.1) is 13.8 Å². The van der Waals surface area contributed by atoms with Crippen LogP contribution < -0.4 is 4.74 Å². The van der Waals surface area contributed by atoms with E-state index in [0.29, 0.717) is 22.3 Å². The highest BCUT2D eigenvalue weighted by atomic mass is 32.2. The van der Waals surface area contributed by atoms with Crippen LogP contribution in [0.15, 0.2) is 47.6 Å². The summed E-state index contributed by atoms with van der Waals surface area (Å²) in [4.78, 5) is 0. The van der Waals surface area contributed by atoms with Crippen LogP contribution >= 0.6 is 11.8 Å². The van der Waals surface area contributed by atoms with Crippen LogP contribution in [0.4, 0.5) is 13.2 Å². The molecule has 1 aromatic heterocycles. The van der Waals surface area contributed by atoms with Crippen molar-refractivity contribution in [3.05, 3.63) is 70.5 Å². The molecule has 0 fully saturated rings. The Kier molecular flexibility index (Phi) is 5.98. The molecule has 1 heterocycles. The van der Waals surface area contributed by atoms with E-state index in [2.05, 4.69) is 10.2 Å². The Morgan fingerprint density at radius 2 is 1.82 bits per heavy atom. The molecule has 148 valence electrons. The maximum absolute atomic E-state index is 12.8. The Bertz CT molecular complexity index is 970. The van der Waals surface area contributed by atoms with Crippen LogP contribution in [0.2, 0.25) is 0 Å². The van der Waals surface area contributed by atoms with E-state index in [9.17, 15) is 13.2 Å². The van der Waals surface area contributed by atoms with Crippen LogP contribution in [0.3, 0.4) is 0 Å². The van der Waals surface area contributed by atoms with Crippen LogP contribution in [-0.4, -0.2) is 14.8 Å². The van der Waals surface area contributed by atoms with Gasteiger partial charge in [-0.05, 0) is 48.7 Å². The number of alkyl halides is 3. The highest BCUT2D eigenvalue weighted by Crippen LogP contribution is 2.31. The molecule has 0 aliphatic carbocycles. The summed E-state index contributed by atoms with van der Waals surface area (Å²) in [7, 11) is 1.81. The lowest BCUT2D eigenvalue weighted by Crippen LogP contribution is -2.05. The molecular formula is C20H20F3N3OS. The van der Waals surface area contributed by atoms with Gasteiger partial charge in [-0.25, -0.2) is 0 Å². The minimum atomic E-state index is -4.34. The summed E-state index contributed by atoms with van der Waals surface area (Å²) in [6, 6.07) is 11.2. The summed E-state index contributed by atoms with van der Waals surface area (Å²) < 4.78 is 46.0. The summed E-state index contributed by atoms with van der Waals surface area (Å²) >= 11 is 1.33. The normalized spacial score (nSPS) is 11.6.